The van der Waals surface area contributed by atoms with Crippen LogP contribution in [-0.2, 0) is 17.6 Å². The summed E-state index contributed by atoms with van der Waals surface area (Å²) in [5.74, 6) is 0. The molecule has 0 unspecified atom stereocenters. The maximum atomic E-state index is 12.1. The van der Waals surface area contributed by atoms with E-state index in [9.17, 15) is 4.79 Å². The Morgan fingerprint density at radius 2 is 1.97 bits per heavy atom. The highest BCUT2D eigenvalue weighted by atomic mass is 79.9. The van der Waals surface area contributed by atoms with Crippen LogP contribution in [0.2, 0.25) is 5.02 Å². The van der Waals surface area contributed by atoms with Gasteiger partial charge < -0.3 is 15.4 Å². The predicted octanol–water partition coefficient (Wildman–Crippen LogP) is 6.00. The fraction of sp³-hybridized carbons (Fsp3) is 0.364. The molecular formula is C22H22Br2ClN3O2. The van der Waals surface area contributed by atoms with Crippen LogP contribution < -0.4 is 5.73 Å². The number of carbonyl (C=O) groups excluding carboxylic acids is 1. The molecule has 0 radical (unpaired) electrons. The zero-order valence-electron chi connectivity index (χ0n) is 16.6. The Morgan fingerprint density at radius 3 is 2.67 bits per heavy atom. The van der Waals surface area contributed by atoms with E-state index in [-0.39, 0.29) is 6.09 Å². The van der Waals surface area contributed by atoms with Gasteiger partial charge in [0.25, 0.3) is 0 Å². The molecule has 1 aliphatic heterocycles. The summed E-state index contributed by atoms with van der Waals surface area (Å²) in [5.41, 5.74) is 13.6. The Bertz CT molecular complexity index is 1050. The van der Waals surface area contributed by atoms with Crippen LogP contribution in [0.3, 0.4) is 0 Å². The first-order valence-electron chi connectivity index (χ1n) is 9.96. The summed E-state index contributed by atoms with van der Waals surface area (Å²) in [6.45, 7) is 3.47. The number of amides is 1. The third-order valence-electron chi connectivity index (χ3n) is 5.67. The lowest BCUT2D eigenvalue weighted by atomic mass is 9.88. The van der Waals surface area contributed by atoms with Crippen LogP contribution >= 0.6 is 43.5 Å². The second kappa shape index (κ2) is 8.89. The number of carbonyl (C=O) groups is 1. The van der Waals surface area contributed by atoms with Crippen molar-refractivity contribution in [2.45, 2.75) is 32.6 Å². The summed E-state index contributed by atoms with van der Waals surface area (Å²) in [7, 11) is 0. The molecule has 0 bridgehead atoms. The van der Waals surface area contributed by atoms with Crippen molar-refractivity contribution >= 4 is 60.8 Å². The second-order valence-electron chi connectivity index (χ2n) is 7.45. The first kappa shape index (κ1) is 21.7. The summed E-state index contributed by atoms with van der Waals surface area (Å²) < 4.78 is 6.99. The fourth-order valence-electron chi connectivity index (χ4n) is 4.22. The largest absolute Gasteiger partial charge is 0.450 e. The van der Waals surface area contributed by atoms with Crippen molar-refractivity contribution in [3.63, 3.8) is 0 Å². The van der Waals surface area contributed by atoms with Crippen LogP contribution in [-0.4, -0.2) is 35.7 Å². The van der Waals surface area contributed by atoms with Gasteiger partial charge in [0.2, 0.25) is 0 Å². The van der Waals surface area contributed by atoms with Gasteiger partial charge in [0.15, 0.2) is 0 Å². The number of hydrogen-bond donors (Lipinski definition) is 1. The number of hydrogen-bond acceptors (Lipinski definition) is 4. The van der Waals surface area contributed by atoms with Crippen molar-refractivity contribution in [2.75, 3.05) is 25.4 Å². The van der Waals surface area contributed by atoms with E-state index in [2.05, 4.69) is 37.9 Å². The molecule has 8 heteroatoms. The number of aryl methyl sites for hydroxylation is 1. The van der Waals surface area contributed by atoms with Crippen LogP contribution in [0.4, 0.5) is 10.5 Å². The maximum absolute atomic E-state index is 12.1. The highest BCUT2D eigenvalue weighted by Crippen LogP contribution is 2.44. The van der Waals surface area contributed by atoms with E-state index < -0.39 is 0 Å². The number of nitrogens with zero attached hydrogens (tertiary/aromatic N) is 2. The van der Waals surface area contributed by atoms with Gasteiger partial charge in [-0.15, -0.1) is 0 Å². The van der Waals surface area contributed by atoms with Crippen molar-refractivity contribution in [1.29, 1.82) is 0 Å². The lowest BCUT2D eigenvalue weighted by Crippen LogP contribution is -2.37. The molecule has 1 fully saturated rings. The molecule has 0 spiro atoms. The van der Waals surface area contributed by atoms with E-state index in [0.29, 0.717) is 30.4 Å². The second-order valence-corrected chi connectivity index (χ2v) is 9.53. The van der Waals surface area contributed by atoms with Gasteiger partial charge in [0.1, 0.15) is 0 Å². The molecule has 0 saturated carbocycles. The Balaban J connectivity index is 1.84. The Labute approximate surface area is 197 Å². The number of aromatic nitrogens is 1. The number of likely N-dealkylation sites (tertiary alicyclic amines) is 1. The van der Waals surface area contributed by atoms with Crippen molar-refractivity contribution in [3.8, 4) is 0 Å². The van der Waals surface area contributed by atoms with Gasteiger partial charge in [0, 0.05) is 33.8 Å². The number of nitrogens with two attached hydrogens (primary N) is 1. The molecule has 30 heavy (non-hydrogen) atoms. The van der Waals surface area contributed by atoms with Crippen LogP contribution in [0.15, 0.2) is 32.8 Å². The van der Waals surface area contributed by atoms with E-state index in [0.717, 1.165) is 57.0 Å². The van der Waals surface area contributed by atoms with E-state index in [1.165, 1.54) is 11.1 Å². The van der Waals surface area contributed by atoms with Crippen LogP contribution in [0.5, 0.6) is 0 Å². The van der Waals surface area contributed by atoms with Crippen molar-refractivity contribution in [1.82, 2.24) is 9.88 Å². The number of halogens is 3. The highest BCUT2D eigenvalue weighted by Gasteiger charge is 2.29. The number of pyridine rings is 1. The molecule has 2 N–H and O–H groups in total. The number of fused-ring (bicyclic) bond motifs is 2. The third kappa shape index (κ3) is 3.99. The van der Waals surface area contributed by atoms with Crippen LogP contribution in [0.25, 0.3) is 5.57 Å². The van der Waals surface area contributed by atoms with Crippen LogP contribution in [0.1, 0.15) is 42.1 Å². The maximum Gasteiger partial charge on any atom is 0.409 e. The predicted molar refractivity (Wildman–Crippen MR) is 127 cm³/mol. The standard InChI is InChI=1S/C22H22Br2ClN3O2/c1-2-30-22(29)28-7-5-12(6-8-28)18-16-10-17(26)20(25)19(24)15(16)4-3-13-9-14(23)11-27-21(13)18/h9-11H,2-8,26H2,1H3. The zero-order chi connectivity index (χ0) is 21.4. The third-order valence-corrected chi connectivity index (χ3v) is 7.61. The fourth-order valence-corrected chi connectivity index (χ4v) is 5.40. The number of benzene rings is 1. The van der Waals surface area contributed by atoms with Gasteiger partial charge in [-0.25, -0.2) is 4.79 Å². The molecule has 2 aliphatic rings. The van der Waals surface area contributed by atoms with Crippen LogP contribution in [0, 0.1) is 0 Å². The highest BCUT2D eigenvalue weighted by molar-refractivity contribution is 9.10. The summed E-state index contributed by atoms with van der Waals surface area (Å²) in [6, 6.07) is 4.11. The van der Waals surface area contributed by atoms with Gasteiger partial charge >= 0.3 is 6.09 Å². The van der Waals surface area contributed by atoms with Gasteiger partial charge in [-0.2, -0.15) is 0 Å². The van der Waals surface area contributed by atoms with Gasteiger partial charge in [-0.05, 0) is 93.3 Å². The lowest BCUT2D eigenvalue weighted by Gasteiger charge is -2.29. The van der Waals surface area contributed by atoms with E-state index in [1.807, 2.05) is 19.2 Å². The first-order valence-corrected chi connectivity index (χ1v) is 11.9. The molecule has 2 heterocycles. The monoisotopic (exact) mass is 553 g/mol. The molecule has 4 rings (SSSR count). The quantitative estimate of drug-likeness (QED) is 0.439. The average molecular weight is 556 g/mol. The van der Waals surface area contributed by atoms with Gasteiger partial charge in [-0.1, -0.05) is 17.2 Å². The molecule has 1 aliphatic carbocycles. The molecule has 5 nitrogen and oxygen atoms in total. The lowest BCUT2D eigenvalue weighted by molar-refractivity contribution is 0.104. The average Bonchev–Trinajstić information content (AvgIpc) is 2.89. The minimum absolute atomic E-state index is 0.246. The molecule has 158 valence electrons. The normalized spacial score (nSPS) is 16.1. The van der Waals surface area contributed by atoms with Crippen molar-refractivity contribution < 1.29 is 9.53 Å². The van der Waals surface area contributed by atoms with Gasteiger partial charge in [-0.3, -0.25) is 4.98 Å². The number of rotatable bonds is 1. The van der Waals surface area contributed by atoms with Crippen molar-refractivity contribution in [3.05, 3.63) is 60.3 Å². The molecule has 1 saturated heterocycles. The van der Waals surface area contributed by atoms with Gasteiger partial charge in [0.05, 0.1) is 23.0 Å². The molecule has 1 aromatic heterocycles. The molecule has 0 atom stereocenters. The number of anilines is 1. The summed E-state index contributed by atoms with van der Waals surface area (Å²) >= 11 is 13.7. The smallest absolute Gasteiger partial charge is 0.409 e. The summed E-state index contributed by atoms with van der Waals surface area (Å²) in [5, 5.41) is 0.551. The van der Waals surface area contributed by atoms with Crippen molar-refractivity contribution in [2.24, 2.45) is 0 Å². The SMILES string of the molecule is CCOC(=O)N1CCC(=C2c3cc(N)c(Cl)c(Br)c3CCc3cc(Br)cnc32)CC1. The van der Waals surface area contributed by atoms with E-state index in [4.69, 9.17) is 27.1 Å². The topological polar surface area (TPSA) is 68.5 Å². The number of nitrogen functional groups attached to an aromatic ring is 1. The Morgan fingerprint density at radius 1 is 1.23 bits per heavy atom. The summed E-state index contributed by atoms with van der Waals surface area (Å²) in [6.07, 6.45) is 4.83. The number of ether oxygens (including phenoxy) is 1. The Kier molecular flexibility index (Phi) is 6.42. The molecular weight excluding hydrogens is 534 g/mol. The molecule has 2 aromatic rings. The molecule has 1 aromatic carbocycles. The van der Waals surface area contributed by atoms with E-state index >= 15 is 0 Å². The molecule has 1 amide bonds. The minimum atomic E-state index is -0.246. The number of piperidine rings is 1. The Hall–Kier alpha value is -1.57. The summed E-state index contributed by atoms with van der Waals surface area (Å²) in [4.78, 5) is 18.7. The first-order chi connectivity index (χ1) is 14.4. The van der Waals surface area contributed by atoms with E-state index in [1.54, 1.807) is 4.90 Å². The zero-order valence-corrected chi connectivity index (χ0v) is 20.5. The minimum Gasteiger partial charge on any atom is -0.450 e.